The highest BCUT2D eigenvalue weighted by Crippen LogP contribution is 2.31. The van der Waals surface area contributed by atoms with Gasteiger partial charge in [0.25, 0.3) is 0 Å². The molecule has 1 aliphatic heterocycles. The van der Waals surface area contributed by atoms with Gasteiger partial charge in [0.15, 0.2) is 5.75 Å². The van der Waals surface area contributed by atoms with E-state index in [0.717, 1.165) is 18.7 Å². The zero-order valence-corrected chi connectivity index (χ0v) is 11.8. The molecule has 2 rings (SSSR count). The van der Waals surface area contributed by atoms with Crippen molar-refractivity contribution in [2.45, 2.75) is 27.2 Å². The van der Waals surface area contributed by atoms with Crippen molar-refractivity contribution in [3.63, 3.8) is 0 Å². The number of anilines is 1. The van der Waals surface area contributed by atoms with Crippen LogP contribution in [0.15, 0.2) is 18.2 Å². The Morgan fingerprint density at radius 3 is 2.95 bits per heavy atom. The van der Waals surface area contributed by atoms with E-state index in [2.05, 4.69) is 26.1 Å². The second-order valence-corrected chi connectivity index (χ2v) is 5.90. The lowest BCUT2D eigenvalue weighted by Crippen LogP contribution is -2.21. The monoisotopic (exact) mass is 263 g/mol. The average molecular weight is 263 g/mol. The Morgan fingerprint density at radius 2 is 2.21 bits per heavy atom. The fourth-order valence-electron chi connectivity index (χ4n) is 1.86. The van der Waals surface area contributed by atoms with Crippen LogP contribution in [0.25, 0.3) is 0 Å². The molecule has 1 aromatic carbocycles. The van der Waals surface area contributed by atoms with Gasteiger partial charge < -0.3 is 14.8 Å². The first kappa shape index (κ1) is 13.7. The molecule has 0 bridgehead atoms. The number of hydrogen-bond donors (Lipinski definition) is 1. The van der Waals surface area contributed by atoms with Crippen molar-refractivity contribution in [2.75, 3.05) is 25.1 Å². The molecule has 0 spiro atoms. The average Bonchev–Trinajstić information content (AvgIpc) is 2.36. The topological polar surface area (TPSA) is 47.6 Å². The zero-order chi connectivity index (χ0) is 13.9. The van der Waals surface area contributed by atoms with Gasteiger partial charge in [-0.2, -0.15) is 0 Å². The van der Waals surface area contributed by atoms with Crippen molar-refractivity contribution in [2.24, 2.45) is 5.41 Å². The summed E-state index contributed by atoms with van der Waals surface area (Å²) in [6.45, 7) is 8.13. The Kier molecular flexibility index (Phi) is 3.98. The summed E-state index contributed by atoms with van der Waals surface area (Å²) < 4.78 is 10.9. The lowest BCUT2D eigenvalue weighted by Gasteiger charge is -2.21. The number of carbonyl (C=O) groups is 1. The third-order valence-electron chi connectivity index (χ3n) is 2.98. The highest BCUT2D eigenvalue weighted by Gasteiger charge is 2.20. The van der Waals surface area contributed by atoms with E-state index in [0.29, 0.717) is 24.5 Å². The standard InChI is InChI=1S/C15H21NO3/c1-15(2,3)7-9-19-14(17)11-5-4-6-12-13(11)18-10-8-16-12/h4-6,16H,7-10H2,1-3H3. The van der Waals surface area contributed by atoms with Gasteiger partial charge in [-0.3, -0.25) is 0 Å². The first-order valence-corrected chi connectivity index (χ1v) is 6.64. The molecule has 0 aromatic heterocycles. The summed E-state index contributed by atoms with van der Waals surface area (Å²) in [5, 5.41) is 3.21. The molecule has 1 aromatic rings. The number of para-hydroxylation sites is 1. The second kappa shape index (κ2) is 5.51. The molecular formula is C15H21NO3. The molecule has 1 aliphatic rings. The van der Waals surface area contributed by atoms with E-state index in [-0.39, 0.29) is 11.4 Å². The van der Waals surface area contributed by atoms with E-state index < -0.39 is 0 Å². The maximum Gasteiger partial charge on any atom is 0.342 e. The second-order valence-electron chi connectivity index (χ2n) is 5.90. The van der Waals surface area contributed by atoms with Crippen LogP contribution in [0.5, 0.6) is 5.75 Å². The summed E-state index contributed by atoms with van der Waals surface area (Å²) >= 11 is 0. The van der Waals surface area contributed by atoms with Crippen molar-refractivity contribution in [1.82, 2.24) is 0 Å². The molecule has 0 atom stereocenters. The summed E-state index contributed by atoms with van der Waals surface area (Å²) in [7, 11) is 0. The van der Waals surface area contributed by atoms with Gasteiger partial charge in [0.1, 0.15) is 12.2 Å². The maximum atomic E-state index is 12.1. The van der Waals surface area contributed by atoms with Gasteiger partial charge in [-0.15, -0.1) is 0 Å². The van der Waals surface area contributed by atoms with Crippen LogP contribution in [0.4, 0.5) is 5.69 Å². The molecule has 0 aliphatic carbocycles. The number of ether oxygens (including phenoxy) is 2. The molecule has 0 saturated carbocycles. The molecule has 4 nitrogen and oxygen atoms in total. The lowest BCUT2D eigenvalue weighted by atomic mass is 9.93. The van der Waals surface area contributed by atoms with E-state index >= 15 is 0 Å². The molecule has 0 unspecified atom stereocenters. The number of carbonyl (C=O) groups excluding carboxylic acids is 1. The minimum atomic E-state index is -0.315. The van der Waals surface area contributed by atoms with Crippen molar-refractivity contribution in [3.8, 4) is 5.75 Å². The number of rotatable bonds is 3. The Hall–Kier alpha value is -1.71. The van der Waals surface area contributed by atoms with Gasteiger partial charge in [0.2, 0.25) is 0 Å². The first-order valence-electron chi connectivity index (χ1n) is 6.64. The fourth-order valence-corrected chi connectivity index (χ4v) is 1.86. The summed E-state index contributed by atoms with van der Waals surface area (Å²) in [6, 6.07) is 5.48. The van der Waals surface area contributed by atoms with E-state index in [9.17, 15) is 4.79 Å². The highest BCUT2D eigenvalue weighted by molar-refractivity contribution is 5.95. The van der Waals surface area contributed by atoms with Crippen molar-refractivity contribution in [3.05, 3.63) is 23.8 Å². The fraction of sp³-hybridized carbons (Fsp3) is 0.533. The minimum Gasteiger partial charge on any atom is -0.489 e. The van der Waals surface area contributed by atoms with Gasteiger partial charge in [-0.1, -0.05) is 26.8 Å². The van der Waals surface area contributed by atoms with E-state index in [1.54, 1.807) is 6.07 Å². The van der Waals surface area contributed by atoms with Crippen LogP contribution < -0.4 is 10.1 Å². The smallest absolute Gasteiger partial charge is 0.342 e. The number of fused-ring (bicyclic) bond motifs is 1. The molecule has 0 radical (unpaired) electrons. The normalized spacial score (nSPS) is 14.1. The van der Waals surface area contributed by atoms with E-state index in [4.69, 9.17) is 9.47 Å². The Labute approximate surface area is 114 Å². The Bertz CT molecular complexity index is 463. The molecule has 19 heavy (non-hydrogen) atoms. The molecule has 104 valence electrons. The molecular weight excluding hydrogens is 242 g/mol. The zero-order valence-electron chi connectivity index (χ0n) is 11.8. The van der Waals surface area contributed by atoms with Crippen molar-refractivity contribution >= 4 is 11.7 Å². The first-order chi connectivity index (χ1) is 8.97. The van der Waals surface area contributed by atoms with Crippen LogP contribution in [0.1, 0.15) is 37.6 Å². The predicted molar refractivity (Wildman–Crippen MR) is 74.8 cm³/mol. The van der Waals surface area contributed by atoms with Crippen LogP contribution in [-0.4, -0.2) is 25.7 Å². The summed E-state index contributed by atoms with van der Waals surface area (Å²) in [5.74, 6) is 0.291. The minimum absolute atomic E-state index is 0.161. The van der Waals surface area contributed by atoms with Crippen LogP contribution in [0.2, 0.25) is 0 Å². The lowest BCUT2D eigenvalue weighted by molar-refractivity contribution is 0.0460. The van der Waals surface area contributed by atoms with Crippen molar-refractivity contribution < 1.29 is 14.3 Å². The number of esters is 1. The number of hydrogen-bond acceptors (Lipinski definition) is 4. The predicted octanol–water partition coefficient (Wildman–Crippen LogP) is 3.08. The Balaban J connectivity index is 2.03. The van der Waals surface area contributed by atoms with Gasteiger partial charge in [0, 0.05) is 6.54 Å². The van der Waals surface area contributed by atoms with Gasteiger partial charge >= 0.3 is 5.97 Å². The maximum absolute atomic E-state index is 12.1. The van der Waals surface area contributed by atoms with Crippen LogP contribution in [0.3, 0.4) is 0 Å². The summed E-state index contributed by atoms with van der Waals surface area (Å²) in [6.07, 6.45) is 0.840. The SMILES string of the molecule is CC(C)(C)CCOC(=O)c1cccc2c1OCCN2. The van der Waals surface area contributed by atoms with E-state index in [1.165, 1.54) is 0 Å². The van der Waals surface area contributed by atoms with Crippen molar-refractivity contribution in [1.29, 1.82) is 0 Å². The Morgan fingerprint density at radius 1 is 1.42 bits per heavy atom. The molecule has 1 heterocycles. The third kappa shape index (κ3) is 3.63. The molecule has 0 fully saturated rings. The molecule has 1 N–H and O–H groups in total. The van der Waals surface area contributed by atoms with Crippen LogP contribution >= 0.6 is 0 Å². The van der Waals surface area contributed by atoms with Gasteiger partial charge in [-0.25, -0.2) is 4.79 Å². The number of nitrogens with one attached hydrogen (secondary N) is 1. The molecule has 0 amide bonds. The summed E-state index contributed by atoms with van der Waals surface area (Å²) in [4.78, 5) is 12.1. The van der Waals surface area contributed by atoms with Gasteiger partial charge in [-0.05, 0) is 24.0 Å². The summed E-state index contributed by atoms with van der Waals surface area (Å²) in [5.41, 5.74) is 1.52. The molecule has 4 heteroatoms. The van der Waals surface area contributed by atoms with Crippen LogP contribution in [0, 0.1) is 5.41 Å². The van der Waals surface area contributed by atoms with Gasteiger partial charge in [0.05, 0.1) is 12.3 Å². The number of benzene rings is 1. The quantitative estimate of drug-likeness (QED) is 0.851. The van der Waals surface area contributed by atoms with Crippen LogP contribution in [-0.2, 0) is 4.74 Å². The largest absolute Gasteiger partial charge is 0.489 e. The molecule has 0 saturated heterocycles. The van der Waals surface area contributed by atoms with E-state index in [1.807, 2.05) is 12.1 Å². The third-order valence-corrected chi connectivity index (χ3v) is 2.98. The highest BCUT2D eigenvalue weighted by atomic mass is 16.5.